The van der Waals surface area contributed by atoms with Gasteiger partial charge < -0.3 is 19.5 Å². The monoisotopic (exact) mass is 371 g/mol. The number of hydrogen-bond acceptors (Lipinski definition) is 5. The number of rotatable bonds is 4. The molecule has 1 aromatic carbocycles. The number of ether oxygens (including phenoxy) is 1. The van der Waals surface area contributed by atoms with Crippen molar-refractivity contribution in [1.82, 2.24) is 20.4 Å². The van der Waals surface area contributed by atoms with Crippen LogP contribution in [0.25, 0.3) is 0 Å². The molecule has 1 aliphatic rings. The largest absolute Gasteiger partial charge is 0.497 e. The lowest BCUT2D eigenvalue weighted by Crippen LogP contribution is -2.39. The van der Waals surface area contributed by atoms with E-state index in [0.717, 1.165) is 31.2 Å². The Morgan fingerprint density at radius 1 is 1.33 bits per heavy atom. The Balaban J connectivity index is 1.57. The molecule has 0 radical (unpaired) electrons. The van der Waals surface area contributed by atoms with Crippen LogP contribution < -0.4 is 10.1 Å². The first-order chi connectivity index (χ1) is 12.9. The van der Waals surface area contributed by atoms with Crippen molar-refractivity contribution < 1.29 is 9.26 Å². The van der Waals surface area contributed by atoms with Gasteiger partial charge in [-0.2, -0.15) is 4.98 Å². The van der Waals surface area contributed by atoms with Gasteiger partial charge in [0.15, 0.2) is 11.8 Å². The average Bonchev–Trinajstić information content (AvgIpc) is 3.32. The van der Waals surface area contributed by atoms with Gasteiger partial charge >= 0.3 is 0 Å². The lowest BCUT2D eigenvalue weighted by Gasteiger charge is -2.21. The standard InChI is InChI=1S/C20H29N5O2/c1-20(2,3)18-23-17(24-27-18)12-22-19(21-4)25-11-10-15(13-25)14-6-8-16(26-5)9-7-14/h6-9,15H,10-13H2,1-5H3,(H,21,22). The highest BCUT2D eigenvalue weighted by Crippen LogP contribution is 2.28. The summed E-state index contributed by atoms with van der Waals surface area (Å²) in [6, 6.07) is 8.34. The zero-order chi connectivity index (χ0) is 19.4. The summed E-state index contributed by atoms with van der Waals surface area (Å²) in [7, 11) is 3.50. The molecule has 27 heavy (non-hydrogen) atoms. The van der Waals surface area contributed by atoms with E-state index in [1.807, 2.05) is 12.1 Å². The summed E-state index contributed by atoms with van der Waals surface area (Å²) in [5.74, 6) is 3.54. The molecule has 146 valence electrons. The van der Waals surface area contributed by atoms with Crippen molar-refractivity contribution in [1.29, 1.82) is 0 Å². The van der Waals surface area contributed by atoms with Crippen molar-refractivity contribution in [3.05, 3.63) is 41.5 Å². The molecule has 1 saturated heterocycles. The number of aromatic nitrogens is 2. The maximum Gasteiger partial charge on any atom is 0.232 e. The van der Waals surface area contributed by atoms with Crippen LogP contribution in [0.15, 0.2) is 33.8 Å². The Morgan fingerprint density at radius 2 is 2.07 bits per heavy atom. The van der Waals surface area contributed by atoms with Gasteiger partial charge in [-0.05, 0) is 24.1 Å². The molecule has 2 aromatic rings. The molecule has 1 N–H and O–H groups in total. The minimum Gasteiger partial charge on any atom is -0.497 e. The summed E-state index contributed by atoms with van der Waals surface area (Å²) in [5.41, 5.74) is 1.19. The first kappa shape index (κ1) is 19.2. The number of benzene rings is 1. The van der Waals surface area contributed by atoms with Crippen molar-refractivity contribution >= 4 is 5.96 Å². The highest BCUT2D eigenvalue weighted by Gasteiger charge is 2.26. The molecule has 1 fully saturated rings. The van der Waals surface area contributed by atoms with Crippen molar-refractivity contribution in [2.75, 3.05) is 27.2 Å². The SMILES string of the molecule is CN=C(NCc1noc(C(C)(C)C)n1)N1CCC(c2ccc(OC)cc2)C1. The number of hydrogen-bond donors (Lipinski definition) is 1. The van der Waals surface area contributed by atoms with Gasteiger partial charge in [0.2, 0.25) is 5.89 Å². The Bertz CT molecular complexity index is 776. The second-order valence-electron chi connectivity index (χ2n) is 7.87. The molecule has 1 aliphatic heterocycles. The van der Waals surface area contributed by atoms with E-state index in [9.17, 15) is 0 Å². The summed E-state index contributed by atoms with van der Waals surface area (Å²) in [6.45, 7) is 8.57. The Hall–Kier alpha value is -2.57. The third kappa shape index (κ3) is 4.59. The Morgan fingerprint density at radius 3 is 2.67 bits per heavy atom. The highest BCUT2D eigenvalue weighted by atomic mass is 16.5. The predicted octanol–water partition coefficient (Wildman–Crippen LogP) is 2.94. The van der Waals surface area contributed by atoms with Crippen molar-refractivity contribution in [2.24, 2.45) is 4.99 Å². The number of nitrogens with zero attached hydrogens (tertiary/aromatic N) is 4. The van der Waals surface area contributed by atoms with E-state index in [4.69, 9.17) is 9.26 Å². The molecule has 7 heteroatoms. The fraction of sp³-hybridized carbons (Fsp3) is 0.550. The molecule has 0 bridgehead atoms. The molecule has 3 rings (SSSR count). The van der Waals surface area contributed by atoms with Crippen LogP contribution in [0.1, 0.15) is 50.4 Å². The van der Waals surface area contributed by atoms with Gasteiger partial charge in [0.05, 0.1) is 13.7 Å². The van der Waals surface area contributed by atoms with E-state index >= 15 is 0 Å². The van der Waals surface area contributed by atoms with Gasteiger partial charge in [0.25, 0.3) is 0 Å². The molecule has 1 atom stereocenters. The molecule has 0 aliphatic carbocycles. The second kappa shape index (κ2) is 7.98. The van der Waals surface area contributed by atoms with E-state index in [1.54, 1.807) is 14.2 Å². The van der Waals surface area contributed by atoms with Crippen LogP contribution >= 0.6 is 0 Å². The van der Waals surface area contributed by atoms with Crippen LogP contribution in [-0.4, -0.2) is 48.2 Å². The number of likely N-dealkylation sites (tertiary alicyclic amines) is 1. The Labute approximate surface area is 160 Å². The summed E-state index contributed by atoms with van der Waals surface area (Å²) in [4.78, 5) is 11.2. The summed E-state index contributed by atoms with van der Waals surface area (Å²) >= 11 is 0. The normalized spacial score (nSPS) is 18.0. The van der Waals surface area contributed by atoms with E-state index in [2.05, 4.69) is 58.3 Å². The average molecular weight is 371 g/mol. The van der Waals surface area contributed by atoms with Crippen LogP contribution in [0.2, 0.25) is 0 Å². The lowest BCUT2D eigenvalue weighted by atomic mass is 9.97. The van der Waals surface area contributed by atoms with Crippen LogP contribution in [-0.2, 0) is 12.0 Å². The molecule has 0 spiro atoms. The van der Waals surface area contributed by atoms with Crippen LogP contribution in [0, 0.1) is 0 Å². The van der Waals surface area contributed by atoms with Crippen molar-refractivity contribution in [2.45, 2.75) is 45.1 Å². The maximum absolute atomic E-state index is 5.35. The van der Waals surface area contributed by atoms with E-state index in [0.29, 0.717) is 24.2 Å². The minimum atomic E-state index is -0.145. The summed E-state index contributed by atoms with van der Waals surface area (Å²) < 4.78 is 10.6. The fourth-order valence-corrected chi connectivity index (χ4v) is 3.22. The molecule has 1 unspecified atom stereocenters. The lowest BCUT2D eigenvalue weighted by molar-refractivity contribution is 0.318. The van der Waals surface area contributed by atoms with Crippen LogP contribution in [0.4, 0.5) is 0 Å². The molecule has 0 saturated carbocycles. The molecular weight excluding hydrogens is 342 g/mol. The second-order valence-corrected chi connectivity index (χ2v) is 7.87. The van der Waals surface area contributed by atoms with Gasteiger partial charge in [0, 0.05) is 31.5 Å². The third-order valence-corrected chi connectivity index (χ3v) is 4.80. The van der Waals surface area contributed by atoms with Gasteiger partial charge in [-0.3, -0.25) is 4.99 Å². The molecule has 0 amide bonds. The zero-order valence-electron chi connectivity index (χ0n) is 16.8. The topological polar surface area (TPSA) is 75.8 Å². The fourth-order valence-electron chi connectivity index (χ4n) is 3.22. The van der Waals surface area contributed by atoms with Crippen LogP contribution in [0.5, 0.6) is 5.75 Å². The number of guanidine groups is 1. The number of aliphatic imine (C=N–C) groups is 1. The molecular formula is C20H29N5O2. The van der Waals surface area contributed by atoms with E-state index < -0.39 is 0 Å². The summed E-state index contributed by atoms with van der Waals surface area (Å²) in [5, 5.41) is 7.41. The minimum absolute atomic E-state index is 0.145. The first-order valence-corrected chi connectivity index (χ1v) is 9.33. The Kier molecular flexibility index (Phi) is 5.68. The molecule has 1 aromatic heterocycles. The number of methoxy groups -OCH3 is 1. The predicted molar refractivity (Wildman–Crippen MR) is 105 cm³/mol. The van der Waals surface area contributed by atoms with Gasteiger partial charge in [-0.25, -0.2) is 0 Å². The quantitative estimate of drug-likeness (QED) is 0.658. The smallest absolute Gasteiger partial charge is 0.232 e. The molecule has 2 heterocycles. The van der Waals surface area contributed by atoms with Crippen molar-refractivity contribution in [3.8, 4) is 5.75 Å². The summed E-state index contributed by atoms with van der Waals surface area (Å²) in [6.07, 6.45) is 1.10. The van der Waals surface area contributed by atoms with Crippen LogP contribution in [0.3, 0.4) is 0 Å². The maximum atomic E-state index is 5.35. The highest BCUT2D eigenvalue weighted by molar-refractivity contribution is 5.80. The zero-order valence-corrected chi connectivity index (χ0v) is 16.8. The molecule has 7 nitrogen and oxygen atoms in total. The number of nitrogens with one attached hydrogen (secondary N) is 1. The van der Waals surface area contributed by atoms with Gasteiger partial charge in [-0.15, -0.1) is 0 Å². The van der Waals surface area contributed by atoms with Gasteiger partial charge in [0.1, 0.15) is 5.75 Å². The first-order valence-electron chi connectivity index (χ1n) is 9.33. The van der Waals surface area contributed by atoms with E-state index in [-0.39, 0.29) is 5.41 Å². The van der Waals surface area contributed by atoms with Crippen molar-refractivity contribution in [3.63, 3.8) is 0 Å². The van der Waals surface area contributed by atoms with E-state index in [1.165, 1.54) is 5.56 Å². The third-order valence-electron chi connectivity index (χ3n) is 4.80. The van der Waals surface area contributed by atoms with Gasteiger partial charge in [-0.1, -0.05) is 38.1 Å².